The van der Waals surface area contributed by atoms with Gasteiger partial charge in [-0.1, -0.05) is 19.3 Å². The fourth-order valence-corrected chi connectivity index (χ4v) is 4.17. The van der Waals surface area contributed by atoms with Crippen LogP contribution in [0, 0.1) is 5.92 Å². The van der Waals surface area contributed by atoms with Crippen LogP contribution in [-0.2, 0) is 0 Å². The van der Waals surface area contributed by atoms with Crippen molar-refractivity contribution in [3.63, 3.8) is 0 Å². The summed E-state index contributed by atoms with van der Waals surface area (Å²) in [6.07, 6.45) is 13.0. The third-order valence-corrected chi connectivity index (χ3v) is 5.46. The quantitative estimate of drug-likeness (QED) is 0.853. The zero-order chi connectivity index (χ0) is 16.2. The highest BCUT2D eigenvalue weighted by atomic mass is 16.4. The summed E-state index contributed by atoms with van der Waals surface area (Å²) in [5.74, 6) is 2.69. The van der Waals surface area contributed by atoms with E-state index in [1.807, 2.05) is 12.1 Å². The Hall–Kier alpha value is -1.75. The van der Waals surface area contributed by atoms with Crippen LogP contribution in [0.1, 0.15) is 56.8 Å². The van der Waals surface area contributed by atoms with Gasteiger partial charge in [0.05, 0.1) is 5.92 Å². The maximum Gasteiger partial charge on any atom is 0.247 e. The average Bonchev–Trinajstić information content (AvgIpc) is 3.14. The fraction of sp³-hybridized carbons (Fsp3) is 0.632. The summed E-state index contributed by atoms with van der Waals surface area (Å²) in [5.41, 5.74) is 0.943. The summed E-state index contributed by atoms with van der Waals surface area (Å²) in [5, 5.41) is 8.57. The van der Waals surface area contributed by atoms with Gasteiger partial charge >= 0.3 is 0 Å². The Labute approximate surface area is 143 Å². The van der Waals surface area contributed by atoms with E-state index < -0.39 is 0 Å². The standard InChI is InChI=1S/C19H26N4O/c1-2-5-15(6-3-1)13-23-12-4-7-17(14-23)19-22-21-18(24-19)16-8-10-20-11-9-16/h8-11,15,17H,1-7,12-14H2/t17-/m1/s1. The summed E-state index contributed by atoms with van der Waals surface area (Å²) >= 11 is 0. The minimum Gasteiger partial charge on any atom is -0.420 e. The smallest absolute Gasteiger partial charge is 0.247 e. The molecular formula is C19H26N4O. The van der Waals surface area contributed by atoms with E-state index in [4.69, 9.17) is 4.42 Å². The van der Waals surface area contributed by atoms with Gasteiger partial charge in [0.25, 0.3) is 0 Å². The zero-order valence-electron chi connectivity index (χ0n) is 14.2. The molecule has 2 aromatic rings. The summed E-state index contributed by atoms with van der Waals surface area (Å²) in [4.78, 5) is 6.66. The molecule has 0 unspecified atom stereocenters. The van der Waals surface area contributed by atoms with Gasteiger partial charge in [-0.25, -0.2) is 0 Å². The monoisotopic (exact) mass is 326 g/mol. The topological polar surface area (TPSA) is 55.1 Å². The number of aromatic nitrogens is 3. The molecule has 1 aliphatic heterocycles. The molecule has 1 saturated carbocycles. The third-order valence-electron chi connectivity index (χ3n) is 5.46. The van der Waals surface area contributed by atoms with E-state index in [9.17, 15) is 0 Å². The van der Waals surface area contributed by atoms with Crippen molar-refractivity contribution in [1.29, 1.82) is 0 Å². The van der Waals surface area contributed by atoms with Crippen LogP contribution in [0.5, 0.6) is 0 Å². The van der Waals surface area contributed by atoms with Crippen LogP contribution in [-0.4, -0.2) is 39.7 Å². The SMILES string of the molecule is c1cc(-c2nnc([C@@H]3CCCN(CC4CCCCC4)C3)o2)ccn1. The summed E-state index contributed by atoms with van der Waals surface area (Å²) in [6.45, 7) is 3.54. The lowest BCUT2D eigenvalue weighted by atomic mass is 9.88. The first kappa shape index (κ1) is 15.8. The van der Waals surface area contributed by atoms with E-state index in [-0.39, 0.29) is 0 Å². The van der Waals surface area contributed by atoms with Crippen LogP contribution < -0.4 is 0 Å². The molecule has 1 saturated heterocycles. The molecule has 1 atom stereocenters. The highest BCUT2D eigenvalue weighted by Crippen LogP contribution is 2.30. The Morgan fingerprint density at radius 3 is 2.67 bits per heavy atom. The van der Waals surface area contributed by atoms with E-state index in [2.05, 4.69) is 20.1 Å². The van der Waals surface area contributed by atoms with Gasteiger partial charge in [0.15, 0.2) is 0 Å². The molecule has 128 valence electrons. The van der Waals surface area contributed by atoms with Gasteiger partial charge in [0.1, 0.15) is 0 Å². The second kappa shape index (κ2) is 7.43. The molecule has 2 aliphatic rings. The maximum absolute atomic E-state index is 5.97. The minimum atomic E-state index is 0.380. The molecule has 0 amide bonds. The highest BCUT2D eigenvalue weighted by molar-refractivity contribution is 5.50. The predicted molar refractivity (Wildman–Crippen MR) is 92.5 cm³/mol. The molecule has 0 bridgehead atoms. The Kier molecular flexibility index (Phi) is 4.88. The molecule has 4 rings (SSSR count). The van der Waals surface area contributed by atoms with Crippen molar-refractivity contribution in [2.24, 2.45) is 5.92 Å². The lowest BCUT2D eigenvalue weighted by Gasteiger charge is -2.34. The summed E-state index contributed by atoms with van der Waals surface area (Å²) in [7, 11) is 0. The van der Waals surface area contributed by atoms with E-state index in [0.717, 1.165) is 30.3 Å². The van der Waals surface area contributed by atoms with Crippen molar-refractivity contribution in [3.05, 3.63) is 30.4 Å². The first-order chi connectivity index (χ1) is 11.9. The largest absolute Gasteiger partial charge is 0.420 e. The lowest BCUT2D eigenvalue weighted by Crippen LogP contribution is -2.38. The van der Waals surface area contributed by atoms with Crippen LogP contribution >= 0.6 is 0 Å². The summed E-state index contributed by atoms with van der Waals surface area (Å²) in [6, 6.07) is 3.82. The van der Waals surface area contributed by atoms with Crippen molar-refractivity contribution < 1.29 is 4.42 Å². The second-order valence-electron chi connectivity index (χ2n) is 7.28. The molecule has 0 radical (unpaired) electrons. The number of hydrogen-bond acceptors (Lipinski definition) is 5. The van der Waals surface area contributed by atoms with Crippen molar-refractivity contribution in [2.45, 2.75) is 50.9 Å². The molecule has 0 N–H and O–H groups in total. The van der Waals surface area contributed by atoms with Crippen molar-refractivity contribution in [3.8, 4) is 11.5 Å². The van der Waals surface area contributed by atoms with Gasteiger partial charge in [-0.15, -0.1) is 10.2 Å². The van der Waals surface area contributed by atoms with E-state index in [0.29, 0.717) is 11.8 Å². The Bertz CT molecular complexity index is 636. The molecule has 2 fully saturated rings. The van der Waals surface area contributed by atoms with E-state index in [1.54, 1.807) is 12.4 Å². The number of piperidine rings is 1. The van der Waals surface area contributed by atoms with Crippen LogP contribution in [0.3, 0.4) is 0 Å². The fourth-order valence-electron chi connectivity index (χ4n) is 4.17. The lowest BCUT2D eigenvalue weighted by molar-refractivity contribution is 0.152. The predicted octanol–water partition coefficient (Wildman–Crippen LogP) is 3.89. The van der Waals surface area contributed by atoms with Crippen LogP contribution in [0.4, 0.5) is 0 Å². The molecule has 0 aromatic carbocycles. The molecule has 2 aromatic heterocycles. The van der Waals surface area contributed by atoms with Gasteiger partial charge in [-0.05, 0) is 50.3 Å². The number of hydrogen-bond donors (Lipinski definition) is 0. The molecule has 5 heteroatoms. The Morgan fingerprint density at radius 1 is 1.00 bits per heavy atom. The molecular weight excluding hydrogens is 300 g/mol. The van der Waals surface area contributed by atoms with Crippen LogP contribution in [0.25, 0.3) is 11.5 Å². The highest BCUT2D eigenvalue weighted by Gasteiger charge is 2.27. The van der Waals surface area contributed by atoms with E-state index in [1.165, 1.54) is 51.6 Å². The molecule has 0 spiro atoms. The van der Waals surface area contributed by atoms with Gasteiger partial charge in [0, 0.05) is 31.0 Å². The number of nitrogens with zero attached hydrogens (tertiary/aromatic N) is 4. The zero-order valence-corrected chi connectivity index (χ0v) is 14.2. The van der Waals surface area contributed by atoms with Gasteiger partial charge in [-0.3, -0.25) is 4.98 Å². The number of pyridine rings is 1. The van der Waals surface area contributed by atoms with Gasteiger partial charge in [0.2, 0.25) is 11.8 Å². The van der Waals surface area contributed by atoms with Crippen LogP contribution in [0.15, 0.2) is 28.9 Å². The van der Waals surface area contributed by atoms with Crippen LogP contribution in [0.2, 0.25) is 0 Å². The van der Waals surface area contributed by atoms with Crippen molar-refractivity contribution in [1.82, 2.24) is 20.1 Å². The Morgan fingerprint density at radius 2 is 1.83 bits per heavy atom. The number of rotatable bonds is 4. The molecule has 1 aliphatic carbocycles. The normalized spacial score (nSPS) is 23.4. The number of likely N-dealkylation sites (tertiary alicyclic amines) is 1. The third kappa shape index (κ3) is 3.66. The second-order valence-corrected chi connectivity index (χ2v) is 7.28. The first-order valence-electron chi connectivity index (χ1n) is 9.34. The Balaban J connectivity index is 1.40. The molecule has 24 heavy (non-hydrogen) atoms. The molecule has 5 nitrogen and oxygen atoms in total. The van der Waals surface area contributed by atoms with Crippen molar-refractivity contribution >= 4 is 0 Å². The van der Waals surface area contributed by atoms with E-state index >= 15 is 0 Å². The maximum atomic E-state index is 5.97. The van der Waals surface area contributed by atoms with Gasteiger partial charge in [-0.2, -0.15) is 0 Å². The average molecular weight is 326 g/mol. The minimum absolute atomic E-state index is 0.380. The molecule has 3 heterocycles. The van der Waals surface area contributed by atoms with Crippen molar-refractivity contribution in [2.75, 3.05) is 19.6 Å². The summed E-state index contributed by atoms with van der Waals surface area (Å²) < 4.78 is 5.97. The van der Waals surface area contributed by atoms with Gasteiger partial charge < -0.3 is 9.32 Å². The first-order valence-corrected chi connectivity index (χ1v) is 9.34.